The second-order valence-electron chi connectivity index (χ2n) is 5.78. The van der Waals surface area contributed by atoms with E-state index in [1.807, 2.05) is 35.2 Å². The maximum Gasteiger partial charge on any atom is 0.186 e. The Morgan fingerprint density at radius 2 is 1.96 bits per heavy atom. The van der Waals surface area contributed by atoms with Crippen LogP contribution >= 0.6 is 11.8 Å². The molecule has 0 atom stereocenters. The highest BCUT2D eigenvalue weighted by molar-refractivity contribution is 8.14. The van der Waals surface area contributed by atoms with Crippen LogP contribution in [0.1, 0.15) is 16.8 Å². The molecule has 1 aliphatic heterocycles. The minimum absolute atomic E-state index is 0.0431. The van der Waals surface area contributed by atoms with Crippen molar-refractivity contribution in [1.82, 2.24) is 0 Å². The maximum atomic E-state index is 13.1. The van der Waals surface area contributed by atoms with Gasteiger partial charge in [-0.15, -0.1) is 0 Å². The summed E-state index contributed by atoms with van der Waals surface area (Å²) in [6.45, 7) is 0.988. The summed E-state index contributed by atoms with van der Waals surface area (Å²) in [7, 11) is 3.15. The maximum absolute atomic E-state index is 13.1. The van der Waals surface area contributed by atoms with Gasteiger partial charge in [0.2, 0.25) is 0 Å². The summed E-state index contributed by atoms with van der Waals surface area (Å²) >= 11 is 1.69. The van der Waals surface area contributed by atoms with Crippen molar-refractivity contribution >= 4 is 28.4 Å². The lowest BCUT2D eigenvalue weighted by Crippen LogP contribution is -2.35. The molecule has 2 aromatic carbocycles. The number of carbonyl (C=O) groups excluding carboxylic acids is 1. The molecule has 0 spiro atoms. The smallest absolute Gasteiger partial charge is 0.186 e. The second kappa shape index (κ2) is 8.76. The van der Waals surface area contributed by atoms with Crippen molar-refractivity contribution < 1.29 is 14.3 Å². The molecule has 0 amide bonds. The quantitative estimate of drug-likeness (QED) is 0.722. The number of ether oxygens (including phenoxy) is 2. The first-order valence-corrected chi connectivity index (χ1v) is 9.46. The average molecular weight is 370 g/mol. The van der Waals surface area contributed by atoms with Gasteiger partial charge in [0.1, 0.15) is 11.5 Å². The Morgan fingerprint density at radius 1 is 1.15 bits per heavy atom. The van der Waals surface area contributed by atoms with Gasteiger partial charge >= 0.3 is 0 Å². The second-order valence-corrected chi connectivity index (χ2v) is 6.84. The average Bonchev–Trinajstić information content (AvgIpc) is 2.72. The van der Waals surface area contributed by atoms with Gasteiger partial charge in [0.25, 0.3) is 0 Å². The number of rotatable bonds is 6. The molecule has 3 rings (SSSR count). The minimum Gasteiger partial charge on any atom is -0.497 e. The van der Waals surface area contributed by atoms with Crippen LogP contribution < -0.4 is 14.4 Å². The predicted molar refractivity (Wildman–Crippen MR) is 107 cm³/mol. The normalized spacial score (nSPS) is 13.7. The molecule has 26 heavy (non-hydrogen) atoms. The Kier molecular flexibility index (Phi) is 6.17. The highest BCUT2D eigenvalue weighted by atomic mass is 32.2. The lowest BCUT2D eigenvalue weighted by Gasteiger charge is -2.27. The number of carbonyl (C=O) groups is 1. The molecular weight excluding hydrogens is 348 g/mol. The third kappa shape index (κ3) is 4.19. The number of thioether (sulfide) groups is 1. The number of Topliss-reactive ketones (excluding diaryl/α,β-unsaturated/α-hetero) is 1. The Hall–Kier alpha value is -2.47. The summed E-state index contributed by atoms with van der Waals surface area (Å²) in [4.78, 5) is 19.7. The Labute approximate surface area is 158 Å². The number of aliphatic imine (C=N–C) groups is 1. The van der Waals surface area contributed by atoms with Gasteiger partial charge in [0.15, 0.2) is 11.0 Å². The van der Waals surface area contributed by atoms with Crippen molar-refractivity contribution in [3.8, 4) is 11.5 Å². The number of methoxy groups -OCH3 is 2. The highest BCUT2D eigenvalue weighted by Crippen LogP contribution is 2.27. The fourth-order valence-electron chi connectivity index (χ4n) is 2.75. The number of benzene rings is 2. The SMILES string of the molecule is COc1ccc(OC)c(C(=O)CN(C2=NCCCS2)c2ccccc2)c1. The summed E-state index contributed by atoms with van der Waals surface area (Å²) < 4.78 is 10.6. The van der Waals surface area contributed by atoms with Gasteiger partial charge in [-0.05, 0) is 36.8 Å². The zero-order valence-corrected chi connectivity index (χ0v) is 15.8. The Balaban J connectivity index is 1.92. The summed E-state index contributed by atoms with van der Waals surface area (Å²) in [5, 5.41) is 0.887. The molecule has 0 bridgehead atoms. The molecule has 0 unspecified atom stereocenters. The molecule has 0 radical (unpaired) electrons. The summed E-state index contributed by atoms with van der Waals surface area (Å²) in [6.07, 6.45) is 1.06. The van der Waals surface area contributed by atoms with Crippen molar-refractivity contribution in [3.63, 3.8) is 0 Å². The lowest BCUT2D eigenvalue weighted by atomic mass is 10.1. The number of hydrogen-bond acceptors (Lipinski definition) is 6. The standard InChI is InChI=1S/C20H22N2O3S/c1-24-16-9-10-19(25-2)17(13-16)18(23)14-22(15-7-4-3-5-8-15)20-21-11-6-12-26-20/h3-5,7-10,13H,6,11-12,14H2,1-2H3. The van der Waals surface area contributed by atoms with Crippen LogP contribution in [0.3, 0.4) is 0 Å². The van der Waals surface area contributed by atoms with Crippen molar-refractivity contribution in [1.29, 1.82) is 0 Å². The molecule has 0 fully saturated rings. The first-order valence-electron chi connectivity index (χ1n) is 8.48. The van der Waals surface area contributed by atoms with Crippen LogP contribution in [0.4, 0.5) is 5.69 Å². The minimum atomic E-state index is -0.0431. The number of para-hydroxylation sites is 1. The molecular formula is C20H22N2O3S. The van der Waals surface area contributed by atoms with Crippen LogP contribution in [0.5, 0.6) is 11.5 Å². The van der Waals surface area contributed by atoms with Crippen LogP contribution in [-0.2, 0) is 0 Å². The summed E-state index contributed by atoms with van der Waals surface area (Å²) in [5.41, 5.74) is 1.46. The van der Waals surface area contributed by atoms with Gasteiger partial charge in [-0.1, -0.05) is 30.0 Å². The van der Waals surface area contributed by atoms with Crippen molar-refractivity contribution in [3.05, 3.63) is 54.1 Å². The van der Waals surface area contributed by atoms with E-state index in [9.17, 15) is 4.79 Å². The van der Waals surface area contributed by atoms with Gasteiger partial charge in [0.05, 0.1) is 26.3 Å². The summed E-state index contributed by atoms with van der Waals surface area (Å²) in [5.74, 6) is 2.14. The van der Waals surface area contributed by atoms with Gasteiger partial charge in [0, 0.05) is 18.0 Å². The van der Waals surface area contributed by atoms with Crippen molar-refractivity contribution in [2.24, 2.45) is 4.99 Å². The van der Waals surface area contributed by atoms with E-state index in [1.54, 1.807) is 44.2 Å². The molecule has 0 aliphatic carbocycles. The molecule has 0 N–H and O–H groups in total. The molecule has 0 aromatic heterocycles. The topological polar surface area (TPSA) is 51.1 Å². The predicted octanol–water partition coefficient (Wildman–Crippen LogP) is 3.89. The van der Waals surface area contributed by atoms with Crippen molar-refractivity contribution in [2.75, 3.05) is 38.0 Å². The monoisotopic (exact) mass is 370 g/mol. The molecule has 2 aromatic rings. The Bertz CT molecular complexity index is 793. The van der Waals surface area contributed by atoms with Crippen molar-refractivity contribution in [2.45, 2.75) is 6.42 Å². The van der Waals surface area contributed by atoms with Crippen LogP contribution in [-0.4, -0.2) is 44.0 Å². The molecule has 5 nitrogen and oxygen atoms in total. The van der Waals surface area contributed by atoms with E-state index in [0.717, 1.165) is 29.6 Å². The number of amidine groups is 1. The first-order chi connectivity index (χ1) is 12.7. The van der Waals surface area contributed by atoms with Crippen LogP contribution in [0.2, 0.25) is 0 Å². The zero-order chi connectivity index (χ0) is 18.4. The number of ketones is 1. The molecule has 136 valence electrons. The lowest BCUT2D eigenvalue weighted by molar-refractivity contribution is 0.0999. The van der Waals surface area contributed by atoms with Gasteiger partial charge < -0.3 is 14.4 Å². The fourth-order valence-corrected chi connectivity index (χ4v) is 3.71. The van der Waals surface area contributed by atoms with Crippen LogP contribution in [0.25, 0.3) is 0 Å². The van der Waals surface area contributed by atoms with E-state index in [1.165, 1.54) is 0 Å². The van der Waals surface area contributed by atoms with E-state index in [2.05, 4.69) is 4.99 Å². The number of hydrogen-bond donors (Lipinski definition) is 0. The zero-order valence-electron chi connectivity index (χ0n) is 15.0. The van der Waals surface area contributed by atoms with E-state index in [4.69, 9.17) is 9.47 Å². The fraction of sp³-hybridized carbons (Fsp3) is 0.300. The van der Waals surface area contributed by atoms with E-state index in [-0.39, 0.29) is 12.3 Å². The third-order valence-electron chi connectivity index (χ3n) is 4.09. The molecule has 0 saturated heterocycles. The molecule has 1 aliphatic rings. The van der Waals surface area contributed by atoms with E-state index in [0.29, 0.717) is 17.1 Å². The Morgan fingerprint density at radius 3 is 2.62 bits per heavy atom. The van der Waals surface area contributed by atoms with Crippen LogP contribution in [0, 0.1) is 0 Å². The van der Waals surface area contributed by atoms with Crippen LogP contribution in [0.15, 0.2) is 53.5 Å². The third-order valence-corrected chi connectivity index (χ3v) is 5.19. The summed E-state index contributed by atoms with van der Waals surface area (Å²) in [6, 6.07) is 15.1. The molecule has 1 heterocycles. The van der Waals surface area contributed by atoms with E-state index >= 15 is 0 Å². The number of anilines is 1. The highest BCUT2D eigenvalue weighted by Gasteiger charge is 2.22. The van der Waals surface area contributed by atoms with Gasteiger partial charge in [-0.25, -0.2) is 0 Å². The largest absolute Gasteiger partial charge is 0.497 e. The molecule has 0 saturated carbocycles. The first kappa shape index (κ1) is 18.3. The van der Waals surface area contributed by atoms with Gasteiger partial charge in [-0.2, -0.15) is 0 Å². The van der Waals surface area contributed by atoms with E-state index < -0.39 is 0 Å². The number of nitrogens with zero attached hydrogens (tertiary/aromatic N) is 2. The molecule has 6 heteroatoms. The van der Waals surface area contributed by atoms with Gasteiger partial charge in [-0.3, -0.25) is 9.79 Å².